The van der Waals surface area contributed by atoms with Crippen molar-refractivity contribution in [3.63, 3.8) is 0 Å². The molecule has 2 bridgehead atoms. The Balaban J connectivity index is 1.29. The molecule has 2 aromatic heterocycles. The van der Waals surface area contributed by atoms with Gasteiger partial charge >= 0.3 is 0 Å². The minimum absolute atomic E-state index is 0.0848. The van der Waals surface area contributed by atoms with E-state index in [9.17, 15) is 4.79 Å². The lowest BCUT2D eigenvalue weighted by atomic mass is 9.64. The molecule has 7 heteroatoms. The van der Waals surface area contributed by atoms with Gasteiger partial charge in [-0.05, 0) is 55.5 Å². The van der Waals surface area contributed by atoms with E-state index in [1.165, 1.54) is 0 Å². The topological polar surface area (TPSA) is 82.4 Å². The first-order valence-electron chi connectivity index (χ1n) is 11.2. The normalized spacial score (nSPS) is 23.6. The van der Waals surface area contributed by atoms with Gasteiger partial charge in [0.2, 0.25) is 11.8 Å². The smallest absolute Gasteiger partial charge is 0.246 e. The Morgan fingerprint density at radius 2 is 2.00 bits per heavy atom. The highest BCUT2D eigenvalue weighted by molar-refractivity contribution is 5.88. The van der Waals surface area contributed by atoms with Gasteiger partial charge in [-0.2, -0.15) is 5.26 Å². The maximum Gasteiger partial charge on any atom is 0.246 e. The van der Waals surface area contributed by atoms with Crippen LogP contribution in [0.1, 0.15) is 43.2 Å². The Bertz CT molecular complexity index is 1060. The molecule has 2 aliphatic heterocycles. The molecule has 5 rings (SSSR count). The van der Waals surface area contributed by atoms with E-state index in [0.717, 1.165) is 43.5 Å². The van der Waals surface area contributed by atoms with Crippen molar-refractivity contribution in [2.75, 3.05) is 25.1 Å². The van der Waals surface area contributed by atoms with Gasteiger partial charge in [0.1, 0.15) is 11.9 Å². The number of anilines is 1. The predicted octanol–water partition coefficient (Wildman–Crippen LogP) is 3.21. The van der Waals surface area contributed by atoms with Crippen LogP contribution in [0.3, 0.4) is 0 Å². The highest BCUT2D eigenvalue weighted by atomic mass is 16.5. The van der Waals surface area contributed by atoms with Crippen LogP contribution in [0.25, 0.3) is 0 Å². The Hall–Kier alpha value is -3.40. The molecule has 1 amide bonds. The Kier molecular flexibility index (Phi) is 5.30. The highest BCUT2D eigenvalue weighted by Gasteiger charge is 2.42. The largest absolute Gasteiger partial charge is 0.481 e. The molecule has 0 N–H and O–H groups in total. The number of piperazine rings is 1. The van der Waals surface area contributed by atoms with Crippen LogP contribution in [0.5, 0.6) is 5.88 Å². The van der Waals surface area contributed by atoms with Crippen molar-refractivity contribution in [2.45, 2.75) is 49.6 Å². The molecule has 0 aromatic carbocycles. The summed E-state index contributed by atoms with van der Waals surface area (Å²) in [5.74, 6) is 1.60. The summed E-state index contributed by atoms with van der Waals surface area (Å²) in [4.78, 5) is 26.1. The third-order valence-corrected chi connectivity index (χ3v) is 7.24. The molecule has 1 saturated carbocycles. The van der Waals surface area contributed by atoms with E-state index < -0.39 is 0 Å². The van der Waals surface area contributed by atoms with E-state index >= 15 is 0 Å². The highest BCUT2D eigenvalue weighted by Crippen LogP contribution is 2.45. The molecule has 4 heterocycles. The van der Waals surface area contributed by atoms with Gasteiger partial charge in [0.25, 0.3) is 0 Å². The second-order valence-electron chi connectivity index (χ2n) is 8.98. The fraction of sp³-hybridized carbons (Fsp3) is 0.440. The van der Waals surface area contributed by atoms with Crippen molar-refractivity contribution in [1.82, 2.24) is 14.9 Å². The van der Waals surface area contributed by atoms with Gasteiger partial charge in [-0.15, -0.1) is 0 Å². The molecule has 3 aliphatic rings. The number of aromatic nitrogens is 2. The molecule has 0 radical (unpaired) electrons. The quantitative estimate of drug-likeness (QED) is 0.679. The fourth-order valence-corrected chi connectivity index (χ4v) is 5.34. The number of rotatable bonds is 5. The summed E-state index contributed by atoms with van der Waals surface area (Å²) < 4.78 is 5.29. The summed E-state index contributed by atoms with van der Waals surface area (Å²) in [6.07, 6.45) is 12.6. The van der Waals surface area contributed by atoms with E-state index in [0.29, 0.717) is 24.5 Å². The van der Waals surface area contributed by atoms with Crippen LogP contribution in [-0.2, 0) is 10.2 Å². The van der Waals surface area contributed by atoms with Crippen LogP contribution in [-0.4, -0.2) is 53.1 Å². The molecular formula is C25H27N5O2. The average molecular weight is 430 g/mol. The lowest BCUT2D eigenvalue weighted by Crippen LogP contribution is -2.55. The maximum absolute atomic E-state index is 13.1. The molecule has 2 aromatic rings. The number of amides is 1. The molecule has 2 unspecified atom stereocenters. The maximum atomic E-state index is 13.1. The number of ether oxygens (including phenoxy) is 1. The van der Waals surface area contributed by atoms with E-state index in [1.807, 2.05) is 29.2 Å². The summed E-state index contributed by atoms with van der Waals surface area (Å²) >= 11 is 0. The summed E-state index contributed by atoms with van der Waals surface area (Å²) in [5.41, 5.74) is 1.63. The number of likely N-dealkylation sites (tertiary alicyclic amines) is 1. The molecular weight excluding hydrogens is 402 g/mol. The standard InChI is InChI=1S/C25H27N5O2/c1-32-23-13-19(8-12-27-23)25(9-2-10-25)11-7-24(31)29-16-20-4-5-21(17-29)30(20)22-6-3-18(14-26)15-28-22/h3,6-8,11-13,15,20-21H,2,4-5,9-10,16-17H2,1H3/b11-7+. The van der Waals surface area contributed by atoms with Crippen molar-refractivity contribution in [2.24, 2.45) is 0 Å². The second-order valence-corrected chi connectivity index (χ2v) is 8.98. The van der Waals surface area contributed by atoms with Gasteiger partial charge in [-0.25, -0.2) is 9.97 Å². The van der Waals surface area contributed by atoms with E-state index in [1.54, 1.807) is 25.6 Å². The van der Waals surface area contributed by atoms with Gasteiger partial charge in [-0.3, -0.25) is 4.79 Å². The first-order chi connectivity index (χ1) is 15.6. The van der Waals surface area contributed by atoms with E-state index in [-0.39, 0.29) is 23.4 Å². The molecule has 3 fully saturated rings. The van der Waals surface area contributed by atoms with Gasteiger partial charge in [0, 0.05) is 49.0 Å². The van der Waals surface area contributed by atoms with Crippen molar-refractivity contribution in [1.29, 1.82) is 5.26 Å². The third-order valence-electron chi connectivity index (χ3n) is 7.24. The average Bonchev–Trinajstić information content (AvgIpc) is 3.07. The van der Waals surface area contributed by atoms with Gasteiger partial charge < -0.3 is 14.5 Å². The van der Waals surface area contributed by atoms with Crippen molar-refractivity contribution in [3.8, 4) is 11.9 Å². The van der Waals surface area contributed by atoms with Crippen LogP contribution >= 0.6 is 0 Å². The summed E-state index contributed by atoms with van der Waals surface area (Å²) in [6, 6.07) is 10.4. The number of hydrogen-bond donors (Lipinski definition) is 0. The molecule has 2 atom stereocenters. The summed E-state index contributed by atoms with van der Waals surface area (Å²) in [7, 11) is 1.63. The Morgan fingerprint density at radius 1 is 1.22 bits per heavy atom. The zero-order valence-corrected chi connectivity index (χ0v) is 18.3. The lowest BCUT2D eigenvalue weighted by Gasteiger charge is -2.42. The zero-order valence-electron chi connectivity index (χ0n) is 18.3. The van der Waals surface area contributed by atoms with Gasteiger partial charge in [0.05, 0.1) is 12.7 Å². The number of carbonyl (C=O) groups is 1. The Morgan fingerprint density at radius 3 is 2.59 bits per heavy atom. The first-order valence-corrected chi connectivity index (χ1v) is 11.2. The number of methoxy groups -OCH3 is 1. The number of fused-ring (bicyclic) bond motifs is 2. The van der Waals surface area contributed by atoms with Crippen LogP contribution < -0.4 is 9.64 Å². The number of nitriles is 1. The van der Waals surface area contributed by atoms with Gasteiger partial charge in [0.15, 0.2) is 0 Å². The number of carbonyl (C=O) groups excluding carboxylic acids is 1. The third kappa shape index (κ3) is 3.60. The lowest BCUT2D eigenvalue weighted by molar-refractivity contribution is -0.127. The van der Waals surface area contributed by atoms with Crippen molar-refractivity contribution < 1.29 is 9.53 Å². The second kappa shape index (κ2) is 8.27. The number of nitrogens with zero attached hydrogens (tertiary/aromatic N) is 5. The van der Waals surface area contributed by atoms with Crippen molar-refractivity contribution in [3.05, 3.63) is 59.9 Å². The SMILES string of the molecule is COc1cc(C2(/C=C/C(=O)N3CC4CCC(C3)N4c3ccc(C#N)cn3)CCC2)ccn1. The molecule has 1 aliphatic carbocycles. The number of allylic oxidation sites excluding steroid dienone is 1. The molecule has 32 heavy (non-hydrogen) atoms. The van der Waals surface area contributed by atoms with Gasteiger partial charge in [-0.1, -0.05) is 12.5 Å². The van der Waals surface area contributed by atoms with Crippen LogP contribution in [0.2, 0.25) is 0 Å². The number of hydrogen-bond acceptors (Lipinski definition) is 6. The number of pyridine rings is 2. The summed E-state index contributed by atoms with van der Waals surface area (Å²) in [6.45, 7) is 1.41. The molecule has 0 spiro atoms. The summed E-state index contributed by atoms with van der Waals surface area (Å²) in [5, 5.41) is 9.02. The molecule has 164 valence electrons. The molecule has 7 nitrogen and oxygen atoms in total. The first kappa shape index (κ1) is 20.5. The van der Waals surface area contributed by atoms with E-state index in [2.05, 4.69) is 27.0 Å². The minimum Gasteiger partial charge on any atom is -0.481 e. The zero-order chi connectivity index (χ0) is 22.1. The van der Waals surface area contributed by atoms with Crippen LogP contribution in [0.15, 0.2) is 48.8 Å². The fourth-order valence-electron chi connectivity index (χ4n) is 5.34. The molecule has 2 saturated heterocycles. The van der Waals surface area contributed by atoms with Crippen LogP contribution in [0, 0.1) is 11.3 Å². The predicted molar refractivity (Wildman–Crippen MR) is 120 cm³/mol. The van der Waals surface area contributed by atoms with E-state index in [4.69, 9.17) is 10.00 Å². The van der Waals surface area contributed by atoms with Crippen LogP contribution in [0.4, 0.5) is 5.82 Å². The Labute approximate surface area is 188 Å². The minimum atomic E-state index is -0.0981. The van der Waals surface area contributed by atoms with Crippen molar-refractivity contribution >= 4 is 11.7 Å². The monoisotopic (exact) mass is 429 g/mol.